The highest BCUT2D eigenvalue weighted by molar-refractivity contribution is 6.21. The first-order valence-electron chi connectivity index (χ1n) is 12.6. The minimum absolute atomic E-state index is 0.852. The van der Waals surface area contributed by atoms with Crippen molar-refractivity contribution in [2.45, 2.75) is 0 Å². The van der Waals surface area contributed by atoms with Crippen LogP contribution in [-0.2, 0) is 0 Å². The summed E-state index contributed by atoms with van der Waals surface area (Å²) in [5, 5.41) is 2.11. The van der Waals surface area contributed by atoms with Gasteiger partial charge in [0.15, 0.2) is 0 Å². The number of benzene rings is 3. The quantitative estimate of drug-likeness (QED) is 0.256. The first kappa shape index (κ1) is 20.9. The van der Waals surface area contributed by atoms with Gasteiger partial charge in [0.2, 0.25) is 0 Å². The first-order chi connectivity index (χ1) is 18.9. The molecule has 0 N–H and O–H groups in total. The Morgan fingerprint density at radius 1 is 0.474 bits per heavy atom. The first-order valence-corrected chi connectivity index (χ1v) is 12.6. The van der Waals surface area contributed by atoms with Gasteiger partial charge in [0.05, 0.1) is 33.1 Å². The predicted octanol–water partition coefficient (Wildman–Crippen LogP) is 7.73. The van der Waals surface area contributed by atoms with Crippen molar-refractivity contribution >= 4 is 43.9 Å². The van der Waals surface area contributed by atoms with E-state index in [1.54, 1.807) is 0 Å². The Kier molecular flexibility index (Phi) is 4.45. The SMILES string of the molecule is c1ccc(-c2ccnc(-n3c4ccccc4c4ncc5c6ncccc6n(-c6ccccc6)c5c43)c2)cc1. The molecule has 0 saturated carbocycles. The predicted molar refractivity (Wildman–Crippen MR) is 154 cm³/mol. The lowest BCUT2D eigenvalue weighted by Crippen LogP contribution is -2.01. The van der Waals surface area contributed by atoms with Crippen molar-refractivity contribution in [3.63, 3.8) is 0 Å². The van der Waals surface area contributed by atoms with E-state index in [2.05, 4.69) is 100 Å². The van der Waals surface area contributed by atoms with Crippen LogP contribution < -0.4 is 0 Å². The summed E-state index contributed by atoms with van der Waals surface area (Å²) in [4.78, 5) is 14.7. The lowest BCUT2D eigenvalue weighted by atomic mass is 10.1. The molecule has 0 aliphatic rings. The summed E-state index contributed by atoms with van der Waals surface area (Å²) in [5.41, 5.74) is 9.43. The zero-order valence-electron chi connectivity index (χ0n) is 20.4. The van der Waals surface area contributed by atoms with Crippen LogP contribution in [0.4, 0.5) is 0 Å². The molecule has 3 aromatic carbocycles. The largest absolute Gasteiger partial charge is 0.305 e. The summed E-state index contributed by atoms with van der Waals surface area (Å²) in [5.74, 6) is 0.852. The van der Waals surface area contributed by atoms with Gasteiger partial charge < -0.3 is 4.57 Å². The third kappa shape index (κ3) is 2.96. The van der Waals surface area contributed by atoms with Crippen LogP contribution in [0.15, 0.2) is 128 Å². The highest BCUT2D eigenvalue weighted by Gasteiger charge is 2.22. The molecular formula is C33H21N5. The molecule has 8 aromatic rings. The van der Waals surface area contributed by atoms with Gasteiger partial charge in [-0.3, -0.25) is 14.5 Å². The van der Waals surface area contributed by atoms with Crippen LogP contribution in [0, 0.1) is 0 Å². The van der Waals surface area contributed by atoms with Crippen molar-refractivity contribution in [1.29, 1.82) is 0 Å². The molecule has 0 spiro atoms. The normalized spacial score (nSPS) is 11.7. The van der Waals surface area contributed by atoms with Gasteiger partial charge in [0, 0.05) is 35.1 Å². The zero-order chi connectivity index (χ0) is 25.1. The van der Waals surface area contributed by atoms with Crippen molar-refractivity contribution in [1.82, 2.24) is 24.1 Å². The van der Waals surface area contributed by atoms with E-state index in [0.717, 1.165) is 66.5 Å². The maximum atomic E-state index is 5.02. The summed E-state index contributed by atoms with van der Waals surface area (Å²) in [7, 11) is 0. The second-order valence-corrected chi connectivity index (χ2v) is 9.38. The molecule has 5 heteroatoms. The molecule has 38 heavy (non-hydrogen) atoms. The highest BCUT2D eigenvalue weighted by atomic mass is 15.1. The average molecular weight is 488 g/mol. The lowest BCUT2D eigenvalue weighted by molar-refractivity contribution is 1.07. The van der Waals surface area contributed by atoms with Crippen molar-refractivity contribution in [3.05, 3.63) is 128 Å². The Morgan fingerprint density at radius 2 is 1.24 bits per heavy atom. The minimum atomic E-state index is 0.852. The van der Waals surface area contributed by atoms with Gasteiger partial charge in [-0.2, -0.15) is 0 Å². The molecule has 8 rings (SSSR count). The summed E-state index contributed by atoms with van der Waals surface area (Å²) >= 11 is 0. The Bertz CT molecular complexity index is 2120. The maximum absolute atomic E-state index is 5.02. The van der Waals surface area contributed by atoms with Gasteiger partial charge in [-0.25, -0.2) is 4.98 Å². The van der Waals surface area contributed by atoms with Gasteiger partial charge in [-0.05, 0) is 53.6 Å². The summed E-state index contributed by atoms with van der Waals surface area (Å²) in [6, 6.07) is 37.7. The average Bonchev–Trinajstić information content (AvgIpc) is 3.51. The van der Waals surface area contributed by atoms with E-state index in [4.69, 9.17) is 15.0 Å². The van der Waals surface area contributed by atoms with E-state index < -0.39 is 0 Å². The van der Waals surface area contributed by atoms with Crippen LogP contribution in [0.1, 0.15) is 0 Å². The Morgan fingerprint density at radius 3 is 2.11 bits per heavy atom. The van der Waals surface area contributed by atoms with Crippen LogP contribution >= 0.6 is 0 Å². The molecule has 0 fully saturated rings. The molecule has 178 valence electrons. The van der Waals surface area contributed by atoms with Crippen molar-refractivity contribution < 1.29 is 0 Å². The van der Waals surface area contributed by atoms with E-state index in [1.807, 2.05) is 36.8 Å². The fraction of sp³-hybridized carbons (Fsp3) is 0. The van der Waals surface area contributed by atoms with E-state index in [-0.39, 0.29) is 0 Å². The minimum Gasteiger partial charge on any atom is -0.305 e. The van der Waals surface area contributed by atoms with Gasteiger partial charge in [-0.1, -0.05) is 66.7 Å². The van der Waals surface area contributed by atoms with Crippen molar-refractivity contribution in [3.8, 4) is 22.6 Å². The molecule has 0 bridgehead atoms. The molecular weight excluding hydrogens is 466 g/mol. The van der Waals surface area contributed by atoms with Crippen molar-refractivity contribution in [2.75, 3.05) is 0 Å². The monoisotopic (exact) mass is 487 g/mol. The second-order valence-electron chi connectivity index (χ2n) is 9.38. The Hall–Kier alpha value is -5.29. The number of para-hydroxylation sites is 2. The fourth-order valence-electron chi connectivity index (χ4n) is 5.63. The topological polar surface area (TPSA) is 48.5 Å². The van der Waals surface area contributed by atoms with E-state index in [9.17, 15) is 0 Å². The number of hydrogen-bond acceptors (Lipinski definition) is 3. The van der Waals surface area contributed by atoms with Gasteiger partial charge in [-0.15, -0.1) is 0 Å². The summed E-state index contributed by atoms with van der Waals surface area (Å²) < 4.78 is 4.56. The van der Waals surface area contributed by atoms with Gasteiger partial charge in [0.1, 0.15) is 5.82 Å². The third-order valence-electron chi connectivity index (χ3n) is 7.25. The number of rotatable bonds is 3. The van der Waals surface area contributed by atoms with E-state index in [1.165, 1.54) is 0 Å². The molecule has 0 atom stereocenters. The standard InChI is InChI=1S/C33H21N5/c1-3-10-22(11-4-1)23-17-19-34-29(20-23)38-27-15-8-7-14-25(27)31-33(38)32-26(21-36-31)30-28(16-9-18-35-30)37(32)24-12-5-2-6-13-24/h1-21H. The molecule has 0 radical (unpaired) electrons. The van der Waals surface area contributed by atoms with Crippen LogP contribution in [-0.4, -0.2) is 24.1 Å². The van der Waals surface area contributed by atoms with Crippen LogP contribution in [0.3, 0.4) is 0 Å². The number of hydrogen-bond donors (Lipinski definition) is 0. The molecule has 0 aliphatic carbocycles. The second kappa shape index (κ2) is 8.11. The fourth-order valence-corrected chi connectivity index (χ4v) is 5.63. The van der Waals surface area contributed by atoms with Gasteiger partial charge in [0.25, 0.3) is 0 Å². The van der Waals surface area contributed by atoms with Gasteiger partial charge >= 0.3 is 0 Å². The lowest BCUT2D eigenvalue weighted by Gasteiger charge is -2.12. The van der Waals surface area contributed by atoms with Crippen LogP contribution in [0.25, 0.3) is 66.5 Å². The number of nitrogens with zero attached hydrogens (tertiary/aromatic N) is 5. The van der Waals surface area contributed by atoms with E-state index in [0.29, 0.717) is 0 Å². The molecule has 5 nitrogen and oxygen atoms in total. The highest BCUT2D eigenvalue weighted by Crippen LogP contribution is 2.39. The summed E-state index contributed by atoms with van der Waals surface area (Å²) in [6.07, 6.45) is 5.71. The molecule has 5 heterocycles. The third-order valence-corrected chi connectivity index (χ3v) is 7.25. The van der Waals surface area contributed by atoms with Crippen LogP contribution in [0.2, 0.25) is 0 Å². The molecule has 0 aliphatic heterocycles. The van der Waals surface area contributed by atoms with Crippen molar-refractivity contribution in [2.24, 2.45) is 0 Å². The van der Waals surface area contributed by atoms with Crippen LogP contribution in [0.5, 0.6) is 0 Å². The zero-order valence-corrected chi connectivity index (χ0v) is 20.4. The Labute approximate surface area is 218 Å². The molecule has 0 unspecified atom stereocenters. The molecule has 0 saturated heterocycles. The smallest absolute Gasteiger partial charge is 0.138 e. The Balaban J connectivity index is 1.57. The number of aromatic nitrogens is 5. The summed E-state index contributed by atoms with van der Waals surface area (Å²) in [6.45, 7) is 0. The maximum Gasteiger partial charge on any atom is 0.138 e. The number of pyridine rings is 3. The molecule has 0 amide bonds. The molecule has 5 aromatic heterocycles. The van der Waals surface area contributed by atoms with E-state index >= 15 is 0 Å². The number of fused-ring (bicyclic) bond motifs is 7.